The van der Waals surface area contributed by atoms with Crippen LogP contribution in [0.2, 0.25) is 0 Å². The zero-order valence-electron chi connectivity index (χ0n) is 14.8. The third-order valence-electron chi connectivity index (χ3n) is 4.39. The summed E-state index contributed by atoms with van der Waals surface area (Å²) < 4.78 is 0. The molecule has 0 saturated carbocycles. The van der Waals surface area contributed by atoms with Crippen LogP contribution in [0.4, 0.5) is 5.69 Å². The van der Waals surface area contributed by atoms with Crippen molar-refractivity contribution in [3.8, 4) is 0 Å². The van der Waals surface area contributed by atoms with Gasteiger partial charge in [-0.3, -0.25) is 4.79 Å². The van der Waals surface area contributed by atoms with E-state index < -0.39 is 5.97 Å². The first kappa shape index (κ1) is 17.4. The summed E-state index contributed by atoms with van der Waals surface area (Å²) in [6.07, 6.45) is 1.82. The molecule has 1 N–H and O–H groups in total. The van der Waals surface area contributed by atoms with E-state index in [1.165, 1.54) is 17.1 Å². The van der Waals surface area contributed by atoms with Gasteiger partial charge in [-0.1, -0.05) is 60.7 Å². The van der Waals surface area contributed by atoms with Crippen molar-refractivity contribution < 1.29 is 14.7 Å². The molecule has 3 aromatic carbocycles. The number of carbonyl (C=O) groups excluding carboxylic acids is 1. The fourth-order valence-electron chi connectivity index (χ4n) is 2.99. The van der Waals surface area contributed by atoms with E-state index in [2.05, 4.69) is 5.10 Å². The van der Waals surface area contributed by atoms with Crippen molar-refractivity contribution in [2.45, 2.75) is 0 Å². The summed E-state index contributed by atoms with van der Waals surface area (Å²) in [5, 5.41) is 14.9. The van der Waals surface area contributed by atoms with Crippen molar-refractivity contribution in [1.29, 1.82) is 0 Å². The van der Waals surface area contributed by atoms with Crippen LogP contribution in [0.5, 0.6) is 0 Å². The van der Waals surface area contributed by atoms with Crippen molar-refractivity contribution in [2.24, 2.45) is 5.10 Å². The Bertz CT molecular complexity index is 1090. The monoisotopic (exact) mass is 368 g/mol. The maximum Gasteiger partial charge on any atom is 0.335 e. The molecule has 0 spiro atoms. The van der Waals surface area contributed by atoms with Gasteiger partial charge in [-0.2, -0.15) is 10.1 Å². The van der Waals surface area contributed by atoms with E-state index in [1.807, 2.05) is 66.7 Å². The molecule has 0 saturated heterocycles. The van der Waals surface area contributed by atoms with E-state index in [1.54, 1.807) is 12.1 Å². The summed E-state index contributed by atoms with van der Waals surface area (Å²) in [6.45, 7) is 0. The van der Waals surface area contributed by atoms with Crippen LogP contribution in [-0.4, -0.2) is 22.7 Å². The van der Waals surface area contributed by atoms with Crippen LogP contribution < -0.4 is 5.01 Å². The molecule has 0 aromatic heterocycles. The number of hydrogen-bond acceptors (Lipinski definition) is 3. The van der Waals surface area contributed by atoms with Gasteiger partial charge in [-0.25, -0.2) is 4.79 Å². The quantitative estimate of drug-likeness (QED) is 0.701. The van der Waals surface area contributed by atoms with Crippen molar-refractivity contribution in [1.82, 2.24) is 0 Å². The second kappa shape index (κ2) is 7.32. The predicted octanol–water partition coefficient (Wildman–Crippen LogP) is 4.22. The summed E-state index contributed by atoms with van der Waals surface area (Å²) in [7, 11) is 0. The molecule has 0 radical (unpaired) electrons. The number of hydrogen-bond donors (Lipinski definition) is 1. The highest BCUT2D eigenvalue weighted by atomic mass is 16.4. The summed E-state index contributed by atoms with van der Waals surface area (Å²) in [4.78, 5) is 24.2. The van der Waals surface area contributed by atoms with E-state index in [0.717, 1.165) is 11.1 Å². The molecule has 0 atom stereocenters. The van der Waals surface area contributed by atoms with E-state index in [9.17, 15) is 9.59 Å². The van der Waals surface area contributed by atoms with Gasteiger partial charge in [0.05, 0.1) is 16.8 Å². The van der Waals surface area contributed by atoms with Gasteiger partial charge < -0.3 is 5.11 Å². The molecule has 136 valence electrons. The Hall–Kier alpha value is -3.99. The van der Waals surface area contributed by atoms with Crippen LogP contribution in [0, 0.1) is 0 Å². The summed E-state index contributed by atoms with van der Waals surface area (Å²) in [6, 6.07) is 25.2. The Kier molecular flexibility index (Phi) is 4.56. The van der Waals surface area contributed by atoms with Crippen LogP contribution in [0.3, 0.4) is 0 Å². The minimum absolute atomic E-state index is 0.155. The Morgan fingerprint density at radius 1 is 0.857 bits per heavy atom. The molecule has 0 unspecified atom stereocenters. The Morgan fingerprint density at radius 2 is 1.46 bits per heavy atom. The van der Waals surface area contributed by atoms with Gasteiger partial charge in [0.2, 0.25) is 0 Å². The second-order valence-electron chi connectivity index (χ2n) is 6.25. The molecule has 1 aliphatic heterocycles. The van der Waals surface area contributed by atoms with E-state index >= 15 is 0 Å². The number of carbonyl (C=O) groups is 2. The molecule has 4 rings (SSSR count). The van der Waals surface area contributed by atoms with Gasteiger partial charge in [0.15, 0.2) is 0 Å². The highest BCUT2D eigenvalue weighted by molar-refractivity contribution is 6.37. The van der Waals surface area contributed by atoms with E-state index in [-0.39, 0.29) is 11.5 Å². The molecule has 0 aliphatic carbocycles. The molecule has 0 bridgehead atoms. The summed E-state index contributed by atoms with van der Waals surface area (Å²) >= 11 is 0. The van der Waals surface area contributed by atoms with Crippen LogP contribution in [0.1, 0.15) is 21.5 Å². The minimum Gasteiger partial charge on any atom is -0.478 e. The first-order chi connectivity index (χ1) is 13.6. The van der Waals surface area contributed by atoms with E-state index in [0.29, 0.717) is 17.0 Å². The fraction of sp³-hybridized carbons (Fsp3) is 0. The number of carboxylic acids is 1. The zero-order valence-corrected chi connectivity index (χ0v) is 14.8. The molecule has 28 heavy (non-hydrogen) atoms. The highest BCUT2D eigenvalue weighted by Crippen LogP contribution is 2.28. The molecule has 5 heteroatoms. The van der Waals surface area contributed by atoms with Crippen molar-refractivity contribution in [2.75, 3.05) is 5.01 Å². The third-order valence-corrected chi connectivity index (χ3v) is 4.39. The summed E-state index contributed by atoms with van der Waals surface area (Å²) in [5.41, 5.74) is 3.47. The minimum atomic E-state index is -1.02. The highest BCUT2D eigenvalue weighted by Gasteiger charge is 2.32. The lowest BCUT2D eigenvalue weighted by Gasteiger charge is -2.11. The lowest BCUT2D eigenvalue weighted by molar-refractivity contribution is -0.114. The van der Waals surface area contributed by atoms with Gasteiger partial charge in [-0.05, 0) is 35.9 Å². The average Bonchev–Trinajstić information content (AvgIpc) is 3.06. The zero-order chi connectivity index (χ0) is 19.5. The van der Waals surface area contributed by atoms with Crippen molar-refractivity contribution in [3.63, 3.8) is 0 Å². The first-order valence-corrected chi connectivity index (χ1v) is 8.72. The molecular formula is C23H16N2O3. The fourth-order valence-corrected chi connectivity index (χ4v) is 2.99. The normalized spacial score (nSPS) is 15.0. The largest absolute Gasteiger partial charge is 0.478 e. The summed E-state index contributed by atoms with van der Waals surface area (Å²) in [5.74, 6) is -1.27. The van der Waals surface area contributed by atoms with Crippen molar-refractivity contribution in [3.05, 3.63) is 107 Å². The number of carboxylic acid groups (broad SMARTS) is 1. The topological polar surface area (TPSA) is 70.0 Å². The van der Waals surface area contributed by atoms with Gasteiger partial charge >= 0.3 is 5.97 Å². The molecule has 1 heterocycles. The Labute approximate surface area is 161 Å². The standard InChI is InChI=1S/C23H16N2O3/c26-22-20(15-16-7-3-1-4-8-16)21(17-9-5-2-6-10-17)24-25(22)19-13-11-18(12-14-19)23(27)28/h1-15H,(H,27,28). The van der Waals surface area contributed by atoms with Crippen molar-refractivity contribution >= 4 is 29.4 Å². The molecule has 5 nitrogen and oxygen atoms in total. The maximum absolute atomic E-state index is 13.1. The number of amides is 1. The number of aromatic carboxylic acids is 1. The predicted molar refractivity (Wildman–Crippen MR) is 108 cm³/mol. The van der Waals surface area contributed by atoms with Crippen LogP contribution in [0.25, 0.3) is 6.08 Å². The van der Waals surface area contributed by atoms with E-state index in [4.69, 9.17) is 5.11 Å². The number of anilines is 1. The van der Waals surface area contributed by atoms with Gasteiger partial charge in [0.25, 0.3) is 5.91 Å². The lowest BCUT2D eigenvalue weighted by Crippen LogP contribution is -2.21. The Morgan fingerprint density at radius 3 is 2.07 bits per heavy atom. The molecule has 0 fully saturated rings. The lowest BCUT2D eigenvalue weighted by atomic mass is 10.0. The number of benzene rings is 3. The smallest absolute Gasteiger partial charge is 0.335 e. The first-order valence-electron chi connectivity index (χ1n) is 8.72. The molecule has 1 aliphatic rings. The third kappa shape index (κ3) is 3.33. The van der Waals surface area contributed by atoms with Crippen LogP contribution in [-0.2, 0) is 4.79 Å². The number of hydrazone groups is 1. The van der Waals surface area contributed by atoms with Crippen LogP contribution in [0.15, 0.2) is 95.6 Å². The number of rotatable bonds is 4. The van der Waals surface area contributed by atoms with Crippen LogP contribution >= 0.6 is 0 Å². The average molecular weight is 368 g/mol. The SMILES string of the molecule is O=C(O)c1ccc(N2N=C(c3ccccc3)C(=Cc3ccccc3)C2=O)cc1. The molecule has 1 amide bonds. The van der Waals surface area contributed by atoms with Gasteiger partial charge in [0, 0.05) is 5.56 Å². The van der Waals surface area contributed by atoms with Gasteiger partial charge in [0.1, 0.15) is 5.71 Å². The second-order valence-corrected chi connectivity index (χ2v) is 6.25. The van der Waals surface area contributed by atoms with Gasteiger partial charge in [-0.15, -0.1) is 0 Å². The number of nitrogens with zero attached hydrogens (tertiary/aromatic N) is 2. The molecule has 3 aromatic rings. The maximum atomic E-state index is 13.1. The Balaban J connectivity index is 1.79. The molecular weight excluding hydrogens is 352 g/mol.